The third kappa shape index (κ3) is 3.92. The van der Waals surface area contributed by atoms with Gasteiger partial charge < -0.3 is 10.2 Å². The summed E-state index contributed by atoms with van der Waals surface area (Å²) in [5, 5.41) is 3.06. The molecule has 1 atom stereocenters. The van der Waals surface area contributed by atoms with Gasteiger partial charge in [0.1, 0.15) is 10.7 Å². The van der Waals surface area contributed by atoms with Gasteiger partial charge in [-0.15, -0.1) is 4.40 Å². The van der Waals surface area contributed by atoms with Gasteiger partial charge in [-0.3, -0.25) is 14.5 Å². The molecule has 3 aliphatic rings. The van der Waals surface area contributed by atoms with Crippen LogP contribution in [0.15, 0.2) is 39.3 Å². The lowest BCUT2D eigenvalue weighted by Gasteiger charge is -2.36. The van der Waals surface area contributed by atoms with Crippen molar-refractivity contribution in [2.24, 2.45) is 16.2 Å². The second kappa shape index (κ2) is 8.20. The maximum Gasteiger partial charge on any atom is 0.283 e. The zero-order chi connectivity index (χ0) is 22.3. The molecule has 1 N–H and O–H groups in total. The number of sulfonamides is 1. The van der Waals surface area contributed by atoms with Gasteiger partial charge in [-0.1, -0.05) is 32.9 Å². The molecule has 4 rings (SSSR count). The molecular formula is C22H28N4O4S. The van der Waals surface area contributed by atoms with Crippen molar-refractivity contribution in [3.8, 4) is 0 Å². The van der Waals surface area contributed by atoms with E-state index < -0.39 is 27.6 Å². The monoisotopic (exact) mass is 444 g/mol. The van der Waals surface area contributed by atoms with Gasteiger partial charge in [-0.2, -0.15) is 8.42 Å². The molecule has 0 saturated carbocycles. The maximum atomic E-state index is 13.4. The van der Waals surface area contributed by atoms with Crippen molar-refractivity contribution in [2.45, 2.75) is 33.6 Å². The second-order valence-corrected chi connectivity index (χ2v) is 10.2. The van der Waals surface area contributed by atoms with E-state index in [-0.39, 0.29) is 17.3 Å². The molecule has 1 amide bonds. The van der Waals surface area contributed by atoms with E-state index in [2.05, 4.69) is 23.6 Å². The summed E-state index contributed by atoms with van der Waals surface area (Å²) >= 11 is 0. The van der Waals surface area contributed by atoms with Crippen LogP contribution in [-0.4, -0.2) is 57.0 Å². The predicted octanol–water partition coefficient (Wildman–Crippen LogP) is 2.15. The van der Waals surface area contributed by atoms with E-state index in [0.717, 1.165) is 13.0 Å². The van der Waals surface area contributed by atoms with Gasteiger partial charge >= 0.3 is 0 Å². The summed E-state index contributed by atoms with van der Waals surface area (Å²) in [6, 6.07) is 6.98. The summed E-state index contributed by atoms with van der Waals surface area (Å²) in [6.07, 6.45) is 1.27. The number of nitrogens with one attached hydrogen (secondary N) is 1. The minimum absolute atomic E-state index is 0.0808. The van der Waals surface area contributed by atoms with Gasteiger partial charge in [0.25, 0.3) is 10.0 Å². The number of Topliss-reactive ketones (excluding diaryl/α,β-unsaturated/α-hetero) is 1. The van der Waals surface area contributed by atoms with Crippen LogP contribution in [0.3, 0.4) is 0 Å². The van der Waals surface area contributed by atoms with E-state index in [9.17, 15) is 18.0 Å². The minimum Gasteiger partial charge on any atom is -0.344 e. The first-order valence-corrected chi connectivity index (χ1v) is 12.2. The molecule has 1 aromatic rings. The highest BCUT2D eigenvalue weighted by atomic mass is 32.2. The minimum atomic E-state index is -3.95. The molecule has 0 aliphatic carbocycles. The SMILES string of the molecule is CCN1CCC2=C(C1)S(=O)(=O)N=C(C1C(=O)c3ccccc3N(CCC(C)C)C1=O)N2. The fourth-order valence-corrected chi connectivity index (χ4v) is 5.56. The maximum absolute atomic E-state index is 13.4. The Morgan fingerprint density at radius 1 is 1.23 bits per heavy atom. The average molecular weight is 445 g/mol. The number of hydrogen-bond donors (Lipinski definition) is 1. The normalized spacial score (nSPS) is 23.4. The van der Waals surface area contributed by atoms with Crippen LogP contribution in [0.5, 0.6) is 0 Å². The van der Waals surface area contributed by atoms with Gasteiger partial charge in [-0.05, 0) is 31.0 Å². The molecule has 0 spiro atoms. The molecule has 1 unspecified atom stereocenters. The number of likely N-dealkylation sites (N-methyl/N-ethyl adjacent to an activating group) is 1. The van der Waals surface area contributed by atoms with E-state index in [1.54, 1.807) is 29.2 Å². The number of anilines is 1. The third-order valence-electron chi connectivity index (χ3n) is 6.08. The molecule has 9 heteroatoms. The number of carbonyl (C=O) groups is 2. The summed E-state index contributed by atoms with van der Waals surface area (Å²) in [5.74, 6) is -1.84. The first-order valence-electron chi connectivity index (χ1n) is 10.7. The Balaban J connectivity index is 1.72. The third-order valence-corrected chi connectivity index (χ3v) is 7.51. The summed E-state index contributed by atoms with van der Waals surface area (Å²) in [6.45, 7) is 8.30. The Morgan fingerprint density at radius 3 is 2.68 bits per heavy atom. The van der Waals surface area contributed by atoms with Crippen molar-refractivity contribution in [2.75, 3.05) is 31.1 Å². The molecular weight excluding hydrogens is 416 g/mol. The number of fused-ring (bicyclic) bond motifs is 1. The predicted molar refractivity (Wildman–Crippen MR) is 119 cm³/mol. The molecule has 1 aromatic carbocycles. The zero-order valence-electron chi connectivity index (χ0n) is 18.1. The Hall–Kier alpha value is -2.52. The molecule has 3 aliphatic heterocycles. The lowest BCUT2D eigenvalue weighted by atomic mass is 9.88. The lowest BCUT2D eigenvalue weighted by molar-refractivity contribution is -0.119. The average Bonchev–Trinajstić information content (AvgIpc) is 2.73. The van der Waals surface area contributed by atoms with E-state index in [0.29, 0.717) is 42.4 Å². The zero-order valence-corrected chi connectivity index (χ0v) is 18.9. The number of rotatable bonds is 5. The topological polar surface area (TPSA) is 99.2 Å². The van der Waals surface area contributed by atoms with Gasteiger partial charge in [0.15, 0.2) is 11.7 Å². The van der Waals surface area contributed by atoms with Crippen molar-refractivity contribution >= 4 is 33.2 Å². The Labute approximate surface area is 183 Å². The fraction of sp³-hybridized carbons (Fsp3) is 0.500. The van der Waals surface area contributed by atoms with Crippen LogP contribution in [0.2, 0.25) is 0 Å². The first-order chi connectivity index (χ1) is 14.7. The van der Waals surface area contributed by atoms with Crippen LogP contribution in [0, 0.1) is 11.8 Å². The van der Waals surface area contributed by atoms with Crippen LogP contribution in [0.1, 0.15) is 44.0 Å². The number of carbonyl (C=O) groups excluding carboxylic acids is 2. The molecule has 166 valence electrons. The van der Waals surface area contributed by atoms with Gasteiger partial charge in [-0.25, -0.2) is 0 Å². The number of amidine groups is 1. The molecule has 31 heavy (non-hydrogen) atoms. The summed E-state index contributed by atoms with van der Waals surface area (Å²) in [7, 11) is -3.95. The molecule has 3 heterocycles. The van der Waals surface area contributed by atoms with E-state index in [1.807, 2.05) is 11.8 Å². The van der Waals surface area contributed by atoms with E-state index >= 15 is 0 Å². The second-order valence-electron chi connectivity index (χ2n) is 8.58. The standard InChI is InChI=1S/C22H28N4O4S/c1-4-25-11-10-16-18(13-25)31(29,30)24-21(23-16)19-20(27)15-7-5-6-8-17(15)26(22(19)28)12-9-14(2)3/h5-8,14,19H,4,9-13H2,1-3H3,(H,23,24). The summed E-state index contributed by atoms with van der Waals surface area (Å²) in [4.78, 5) is 30.6. The summed E-state index contributed by atoms with van der Waals surface area (Å²) in [5.41, 5.74) is 1.53. The number of benzene rings is 1. The molecule has 0 aromatic heterocycles. The Bertz CT molecular complexity index is 1090. The number of nitrogens with zero attached hydrogens (tertiary/aromatic N) is 3. The molecule has 0 radical (unpaired) electrons. The van der Waals surface area contributed by atoms with E-state index in [1.165, 1.54) is 0 Å². The van der Waals surface area contributed by atoms with Gasteiger partial charge in [0.2, 0.25) is 5.91 Å². The van der Waals surface area contributed by atoms with Crippen LogP contribution in [0.25, 0.3) is 0 Å². The Morgan fingerprint density at radius 2 is 1.97 bits per heavy atom. The van der Waals surface area contributed by atoms with Crippen LogP contribution in [0.4, 0.5) is 5.69 Å². The van der Waals surface area contributed by atoms with Crippen molar-refractivity contribution < 1.29 is 18.0 Å². The highest BCUT2D eigenvalue weighted by Gasteiger charge is 2.45. The van der Waals surface area contributed by atoms with E-state index in [4.69, 9.17) is 0 Å². The van der Waals surface area contributed by atoms with Gasteiger partial charge in [0, 0.05) is 37.3 Å². The number of ketones is 1. The molecule has 8 nitrogen and oxygen atoms in total. The molecule has 0 bridgehead atoms. The van der Waals surface area contributed by atoms with Crippen LogP contribution < -0.4 is 10.2 Å². The summed E-state index contributed by atoms with van der Waals surface area (Å²) < 4.78 is 29.8. The number of amides is 1. The highest BCUT2D eigenvalue weighted by Crippen LogP contribution is 2.34. The van der Waals surface area contributed by atoms with Gasteiger partial charge in [0.05, 0.1) is 5.69 Å². The molecule has 0 fully saturated rings. The number of para-hydroxylation sites is 1. The molecule has 0 saturated heterocycles. The van der Waals surface area contributed by atoms with Crippen LogP contribution in [-0.2, 0) is 14.8 Å². The lowest BCUT2D eigenvalue weighted by Crippen LogP contribution is -2.53. The van der Waals surface area contributed by atoms with Crippen molar-refractivity contribution in [1.29, 1.82) is 0 Å². The first kappa shape index (κ1) is 21.7. The van der Waals surface area contributed by atoms with Crippen molar-refractivity contribution in [1.82, 2.24) is 10.2 Å². The fourth-order valence-electron chi connectivity index (χ4n) is 4.23. The smallest absolute Gasteiger partial charge is 0.283 e. The number of hydrogen-bond acceptors (Lipinski definition) is 6. The largest absolute Gasteiger partial charge is 0.344 e. The van der Waals surface area contributed by atoms with Crippen molar-refractivity contribution in [3.63, 3.8) is 0 Å². The highest BCUT2D eigenvalue weighted by molar-refractivity contribution is 7.94. The van der Waals surface area contributed by atoms with Crippen molar-refractivity contribution in [3.05, 3.63) is 40.4 Å². The van der Waals surface area contributed by atoms with Crippen LogP contribution >= 0.6 is 0 Å². The quantitative estimate of drug-likeness (QED) is 0.699. The Kier molecular flexibility index (Phi) is 5.74.